The van der Waals surface area contributed by atoms with Gasteiger partial charge in [-0.25, -0.2) is 4.79 Å². The van der Waals surface area contributed by atoms with E-state index < -0.39 is 5.97 Å². The molecule has 18 heavy (non-hydrogen) atoms. The fourth-order valence-corrected chi connectivity index (χ4v) is 2.63. The van der Waals surface area contributed by atoms with Crippen LogP contribution in [0, 0.1) is 0 Å². The average molecular weight is 287 g/mol. The summed E-state index contributed by atoms with van der Waals surface area (Å²) < 4.78 is 0. The SMILES string of the molecule is CC(=O)SCCC(=O)N1C(C)=CSC=C1C(=O)O. The van der Waals surface area contributed by atoms with Crippen LogP contribution in [0.4, 0.5) is 0 Å². The Labute approximate surface area is 113 Å². The van der Waals surface area contributed by atoms with Crippen molar-refractivity contribution in [1.29, 1.82) is 0 Å². The second-order valence-electron chi connectivity index (χ2n) is 3.52. The summed E-state index contributed by atoms with van der Waals surface area (Å²) in [6, 6.07) is 0. The molecule has 0 aromatic carbocycles. The van der Waals surface area contributed by atoms with E-state index >= 15 is 0 Å². The van der Waals surface area contributed by atoms with Crippen molar-refractivity contribution in [2.75, 3.05) is 5.75 Å². The summed E-state index contributed by atoms with van der Waals surface area (Å²) in [6.45, 7) is 3.11. The van der Waals surface area contributed by atoms with Crippen LogP contribution in [0.1, 0.15) is 20.3 Å². The number of carboxylic acids is 1. The molecular weight excluding hydrogens is 274 g/mol. The van der Waals surface area contributed by atoms with Gasteiger partial charge in [0.1, 0.15) is 5.70 Å². The number of rotatable bonds is 4. The van der Waals surface area contributed by atoms with Crippen LogP contribution in [0.5, 0.6) is 0 Å². The minimum atomic E-state index is -1.14. The highest BCUT2D eigenvalue weighted by Gasteiger charge is 2.26. The quantitative estimate of drug-likeness (QED) is 0.852. The summed E-state index contributed by atoms with van der Waals surface area (Å²) in [5, 5.41) is 12.1. The Morgan fingerprint density at radius 2 is 2.06 bits per heavy atom. The molecule has 0 unspecified atom stereocenters. The third-order valence-corrected chi connectivity index (χ3v) is 3.75. The summed E-state index contributed by atoms with van der Waals surface area (Å²) in [5.41, 5.74) is 0.538. The fraction of sp³-hybridized carbons (Fsp3) is 0.364. The molecule has 1 N–H and O–H groups in total. The first-order chi connectivity index (χ1) is 8.43. The van der Waals surface area contributed by atoms with E-state index in [1.807, 2.05) is 0 Å². The van der Waals surface area contributed by atoms with Gasteiger partial charge in [0.2, 0.25) is 5.91 Å². The van der Waals surface area contributed by atoms with Crippen molar-refractivity contribution in [2.45, 2.75) is 20.3 Å². The summed E-state index contributed by atoms with van der Waals surface area (Å²) >= 11 is 2.29. The van der Waals surface area contributed by atoms with Gasteiger partial charge in [0.05, 0.1) is 0 Å². The van der Waals surface area contributed by atoms with Crippen molar-refractivity contribution in [1.82, 2.24) is 4.90 Å². The van der Waals surface area contributed by atoms with Gasteiger partial charge in [-0.05, 0) is 12.3 Å². The van der Waals surface area contributed by atoms with Gasteiger partial charge in [0.15, 0.2) is 5.12 Å². The molecule has 0 atom stereocenters. The van der Waals surface area contributed by atoms with E-state index in [4.69, 9.17) is 5.11 Å². The minimum Gasteiger partial charge on any atom is -0.477 e. The number of carboxylic acid groups (broad SMARTS) is 1. The van der Waals surface area contributed by atoms with Gasteiger partial charge < -0.3 is 5.11 Å². The van der Waals surface area contributed by atoms with E-state index in [-0.39, 0.29) is 23.1 Å². The van der Waals surface area contributed by atoms with Crippen LogP contribution in [-0.4, -0.2) is 32.8 Å². The highest BCUT2D eigenvalue weighted by Crippen LogP contribution is 2.26. The normalized spacial score (nSPS) is 14.9. The standard InChI is InChI=1S/C11H13NO4S2/c1-7-5-17-6-9(11(15)16)12(7)10(14)3-4-18-8(2)13/h5-6H,3-4H2,1-2H3,(H,15,16). The number of carbonyl (C=O) groups is 3. The predicted octanol–water partition coefficient (Wildman–Crippen LogP) is 2.02. The summed E-state index contributed by atoms with van der Waals surface area (Å²) in [5.74, 6) is -1.09. The van der Waals surface area contributed by atoms with E-state index in [1.165, 1.54) is 29.0 Å². The number of carbonyl (C=O) groups excluding carboxylic acids is 2. The van der Waals surface area contributed by atoms with Gasteiger partial charge in [-0.1, -0.05) is 11.8 Å². The second kappa shape index (κ2) is 6.65. The molecule has 0 bridgehead atoms. The van der Waals surface area contributed by atoms with Crippen LogP contribution in [-0.2, 0) is 14.4 Å². The van der Waals surface area contributed by atoms with Crippen molar-refractivity contribution in [2.24, 2.45) is 0 Å². The maximum absolute atomic E-state index is 12.0. The Kier molecular flexibility index (Phi) is 5.49. The lowest BCUT2D eigenvalue weighted by Crippen LogP contribution is -2.33. The lowest BCUT2D eigenvalue weighted by Gasteiger charge is -2.25. The third-order valence-electron chi connectivity index (χ3n) is 2.10. The summed E-state index contributed by atoms with van der Waals surface area (Å²) in [7, 11) is 0. The van der Waals surface area contributed by atoms with E-state index in [0.717, 1.165) is 11.8 Å². The highest BCUT2D eigenvalue weighted by molar-refractivity contribution is 8.13. The lowest BCUT2D eigenvalue weighted by atomic mass is 10.3. The molecular formula is C11H13NO4S2. The molecule has 0 aliphatic carbocycles. The van der Waals surface area contributed by atoms with Crippen molar-refractivity contribution in [3.8, 4) is 0 Å². The number of thioether (sulfide) groups is 2. The smallest absolute Gasteiger partial charge is 0.353 e. The van der Waals surface area contributed by atoms with E-state index in [2.05, 4.69) is 0 Å². The highest BCUT2D eigenvalue weighted by atomic mass is 32.2. The van der Waals surface area contributed by atoms with Crippen molar-refractivity contribution in [3.63, 3.8) is 0 Å². The molecule has 1 amide bonds. The van der Waals surface area contributed by atoms with E-state index in [0.29, 0.717) is 11.4 Å². The number of hydrogen-bond acceptors (Lipinski definition) is 5. The lowest BCUT2D eigenvalue weighted by molar-refractivity contribution is -0.138. The Balaban J connectivity index is 2.71. The number of aliphatic carboxylic acids is 1. The average Bonchev–Trinajstić information content (AvgIpc) is 2.27. The van der Waals surface area contributed by atoms with Gasteiger partial charge >= 0.3 is 5.97 Å². The molecule has 5 nitrogen and oxygen atoms in total. The first-order valence-electron chi connectivity index (χ1n) is 5.15. The molecule has 1 aliphatic heterocycles. The number of hydrogen-bond donors (Lipinski definition) is 1. The number of allylic oxidation sites excluding steroid dienone is 1. The van der Waals surface area contributed by atoms with Gasteiger partial charge in [-0.3, -0.25) is 14.5 Å². The molecule has 0 aromatic heterocycles. The monoisotopic (exact) mass is 287 g/mol. The maximum atomic E-state index is 12.0. The number of nitrogens with zero attached hydrogens (tertiary/aromatic N) is 1. The molecule has 0 saturated heterocycles. The molecule has 1 rings (SSSR count). The zero-order chi connectivity index (χ0) is 13.7. The third kappa shape index (κ3) is 3.92. The first-order valence-corrected chi connectivity index (χ1v) is 7.08. The zero-order valence-electron chi connectivity index (χ0n) is 10.0. The van der Waals surface area contributed by atoms with E-state index in [1.54, 1.807) is 12.3 Å². The molecule has 98 valence electrons. The fourth-order valence-electron chi connectivity index (χ4n) is 1.36. The van der Waals surface area contributed by atoms with Crippen LogP contribution in [0.25, 0.3) is 0 Å². The predicted molar refractivity (Wildman–Crippen MR) is 71.7 cm³/mol. The largest absolute Gasteiger partial charge is 0.477 e. The van der Waals surface area contributed by atoms with Gasteiger partial charge in [-0.15, -0.1) is 11.8 Å². The van der Waals surface area contributed by atoms with E-state index in [9.17, 15) is 14.4 Å². The molecule has 7 heteroatoms. The number of amides is 1. The van der Waals surface area contributed by atoms with Gasteiger partial charge in [-0.2, -0.15) is 0 Å². The molecule has 0 saturated carbocycles. The second-order valence-corrected chi connectivity index (χ2v) is 5.54. The van der Waals surface area contributed by atoms with Crippen LogP contribution in [0.2, 0.25) is 0 Å². The molecule has 0 spiro atoms. The Morgan fingerprint density at radius 3 is 2.61 bits per heavy atom. The van der Waals surface area contributed by atoms with Crippen LogP contribution < -0.4 is 0 Å². The Morgan fingerprint density at radius 1 is 1.39 bits per heavy atom. The molecule has 0 aromatic rings. The molecule has 0 fully saturated rings. The van der Waals surface area contributed by atoms with Crippen LogP contribution in [0.3, 0.4) is 0 Å². The van der Waals surface area contributed by atoms with Crippen molar-refractivity contribution in [3.05, 3.63) is 22.2 Å². The molecule has 0 radical (unpaired) electrons. The first kappa shape index (κ1) is 14.8. The topological polar surface area (TPSA) is 74.7 Å². The molecule has 1 aliphatic rings. The Bertz CT molecular complexity index is 442. The minimum absolute atomic E-state index is 0.0437. The van der Waals surface area contributed by atoms with Gasteiger partial charge in [0, 0.05) is 30.2 Å². The molecule has 1 heterocycles. The maximum Gasteiger partial charge on any atom is 0.353 e. The van der Waals surface area contributed by atoms with Crippen molar-refractivity contribution >= 4 is 40.5 Å². The van der Waals surface area contributed by atoms with Gasteiger partial charge in [0.25, 0.3) is 0 Å². The van der Waals surface area contributed by atoms with Crippen molar-refractivity contribution < 1.29 is 19.5 Å². The summed E-state index contributed by atoms with van der Waals surface area (Å²) in [4.78, 5) is 34.9. The summed E-state index contributed by atoms with van der Waals surface area (Å²) in [6.07, 6.45) is 0.130. The van der Waals surface area contributed by atoms with Crippen LogP contribution in [0.15, 0.2) is 22.2 Å². The Hall–Kier alpha value is -1.21. The van der Waals surface area contributed by atoms with Crippen LogP contribution >= 0.6 is 23.5 Å². The zero-order valence-corrected chi connectivity index (χ0v) is 11.6.